The number of aromatic nitrogens is 1. The van der Waals surface area contributed by atoms with Crippen LogP contribution >= 0.6 is 34.5 Å². The smallest absolute Gasteiger partial charge is 0.253 e. The van der Waals surface area contributed by atoms with Crippen molar-refractivity contribution in [2.75, 3.05) is 7.05 Å². The van der Waals surface area contributed by atoms with E-state index in [2.05, 4.69) is 4.98 Å². The fraction of sp³-hybridized carbons (Fsp3) is 0.200. The number of benzene rings is 2. The highest BCUT2D eigenvalue weighted by atomic mass is 35.5. The molecule has 0 bridgehead atoms. The summed E-state index contributed by atoms with van der Waals surface area (Å²) in [5.74, 6) is 0.618. The largest absolute Gasteiger partial charge is 0.487 e. The molecule has 3 rings (SSSR count). The Labute approximate surface area is 172 Å². The third-order valence-corrected chi connectivity index (χ3v) is 5.47. The molecule has 0 aliphatic rings. The van der Waals surface area contributed by atoms with E-state index in [9.17, 15) is 4.79 Å². The van der Waals surface area contributed by atoms with Gasteiger partial charge in [0.1, 0.15) is 12.4 Å². The van der Waals surface area contributed by atoms with Crippen molar-refractivity contribution in [3.8, 4) is 5.75 Å². The summed E-state index contributed by atoms with van der Waals surface area (Å²) in [6, 6.07) is 12.5. The van der Waals surface area contributed by atoms with Crippen molar-refractivity contribution < 1.29 is 9.53 Å². The van der Waals surface area contributed by atoms with Crippen LogP contribution in [0.4, 0.5) is 0 Å². The lowest BCUT2D eigenvalue weighted by molar-refractivity contribution is 0.0785. The summed E-state index contributed by atoms with van der Waals surface area (Å²) in [5, 5.41) is 3.97. The maximum Gasteiger partial charge on any atom is 0.253 e. The fourth-order valence-electron chi connectivity index (χ4n) is 2.53. The molecule has 27 heavy (non-hydrogen) atoms. The first-order chi connectivity index (χ1) is 12.9. The normalized spacial score (nSPS) is 10.7. The van der Waals surface area contributed by atoms with Gasteiger partial charge in [-0.25, -0.2) is 4.98 Å². The van der Waals surface area contributed by atoms with Gasteiger partial charge in [-0.15, -0.1) is 11.3 Å². The molecule has 0 atom stereocenters. The van der Waals surface area contributed by atoms with Crippen LogP contribution in [0.15, 0.2) is 47.8 Å². The quantitative estimate of drug-likeness (QED) is 0.520. The van der Waals surface area contributed by atoms with Crippen molar-refractivity contribution in [3.05, 3.63) is 79.7 Å². The molecule has 2 aromatic carbocycles. The van der Waals surface area contributed by atoms with Gasteiger partial charge in [0.2, 0.25) is 0 Å². The number of amides is 1. The Hall–Kier alpha value is -2.08. The number of rotatable bonds is 6. The highest BCUT2D eigenvalue weighted by Crippen LogP contribution is 2.23. The number of nitrogens with zero attached hydrogens (tertiary/aromatic N) is 2. The molecule has 140 valence electrons. The molecule has 0 aliphatic carbocycles. The molecule has 0 N–H and O–H groups in total. The molecule has 4 nitrogen and oxygen atoms in total. The average molecular weight is 421 g/mol. The Morgan fingerprint density at radius 2 is 1.89 bits per heavy atom. The summed E-state index contributed by atoms with van der Waals surface area (Å²) in [4.78, 5) is 18.6. The molecule has 3 aromatic rings. The number of carbonyl (C=O) groups excluding carboxylic acids is 1. The van der Waals surface area contributed by atoms with E-state index in [4.69, 9.17) is 27.9 Å². The highest BCUT2D eigenvalue weighted by Gasteiger charge is 2.13. The lowest BCUT2D eigenvalue weighted by Gasteiger charge is -2.18. The Kier molecular flexibility index (Phi) is 6.37. The topological polar surface area (TPSA) is 42.4 Å². The van der Waals surface area contributed by atoms with E-state index in [1.807, 2.05) is 18.4 Å². The van der Waals surface area contributed by atoms with Gasteiger partial charge in [0.05, 0.1) is 20.7 Å². The zero-order chi connectivity index (χ0) is 19.4. The Balaban J connectivity index is 1.59. The fourth-order valence-corrected chi connectivity index (χ4v) is 3.45. The van der Waals surface area contributed by atoms with Crippen LogP contribution in [-0.4, -0.2) is 22.8 Å². The van der Waals surface area contributed by atoms with Crippen LogP contribution in [0.2, 0.25) is 10.0 Å². The second kappa shape index (κ2) is 8.74. The summed E-state index contributed by atoms with van der Waals surface area (Å²) in [6.45, 7) is 2.81. The van der Waals surface area contributed by atoms with Crippen LogP contribution in [0, 0.1) is 6.92 Å². The molecule has 7 heteroatoms. The number of halogens is 2. The van der Waals surface area contributed by atoms with Gasteiger partial charge in [-0.3, -0.25) is 4.79 Å². The first-order valence-corrected chi connectivity index (χ1v) is 9.89. The van der Waals surface area contributed by atoms with Gasteiger partial charge in [0.25, 0.3) is 5.91 Å². The van der Waals surface area contributed by atoms with E-state index in [-0.39, 0.29) is 5.91 Å². The molecule has 1 amide bonds. The second-order valence-corrected chi connectivity index (χ2v) is 7.96. The van der Waals surface area contributed by atoms with Crippen LogP contribution < -0.4 is 4.74 Å². The molecule has 0 fully saturated rings. The predicted molar refractivity (Wildman–Crippen MR) is 110 cm³/mol. The van der Waals surface area contributed by atoms with E-state index >= 15 is 0 Å². The Morgan fingerprint density at radius 3 is 2.52 bits per heavy atom. The van der Waals surface area contributed by atoms with Crippen molar-refractivity contribution in [3.63, 3.8) is 0 Å². The lowest BCUT2D eigenvalue weighted by Crippen LogP contribution is -2.26. The third-order valence-electron chi connectivity index (χ3n) is 3.91. The molecule has 0 saturated heterocycles. The minimum atomic E-state index is -0.0808. The van der Waals surface area contributed by atoms with Gasteiger partial charge in [0.15, 0.2) is 0 Å². The maximum atomic E-state index is 12.6. The van der Waals surface area contributed by atoms with Crippen LogP contribution in [0.25, 0.3) is 0 Å². The maximum absolute atomic E-state index is 12.6. The zero-order valence-electron chi connectivity index (χ0n) is 14.9. The van der Waals surface area contributed by atoms with Crippen molar-refractivity contribution in [2.24, 2.45) is 0 Å². The molecule has 1 aromatic heterocycles. The molecule has 0 unspecified atom stereocenters. The monoisotopic (exact) mass is 420 g/mol. The molecule has 0 spiro atoms. The lowest BCUT2D eigenvalue weighted by atomic mass is 10.1. The SMILES string of the molecule is Cc1nc(COc2ccc(C(=O)N(C)Cc3ccc(Cl)c(Cl)c3)cc2)cs1. The van der Waals surface area contributed by atoms with Crippen LogP contribution in [-0.2, 0) is 13.2 Å². The van der Waals surface area contributed by atoms with Crippen LogP contribution in [0.1, 0.15) is 26.6 Å². The van der Waals surface area contributed by atoms with Crippen molar-refractivity contribution in [2.45, 2.75) is 20.1 Å². The number of thiazole rings is 1. The number of aryl methyl sites for hydroxylation is 1. The molecular formula is C20H18Cl2N2O2S. The van der Waals surface area contributed by atoms with Gasteiger partial charge in [-0.2, -0.15) is 0 Å². The standard InChI is InChI=1S/C20H18Cl2N2O2S/c1-13-23-16(12-27-13)11-26-17-6-4-15(5-7-17)20(25)24(2)10-14-3-8-18(21)19(22)9-14/h3-9,12H,10-11H2,1-2H3. The highest BCUT2D eigenvalue weighted by molar-refractivity contribution is 7.09. The molecular weight excluding hydrogens is 403 g/mol. The molecule has 0 saturated carbocycles. The summed E-state index contributed by atoms with van der Waals surface area (Å²) in [7, 11) is 1.75. The van der Waals surface area contributed by atoms with E-state index in [1.54, 1.807) is 59.7 Å². The number of ether oxygens (including phenoxy) is 1. The minimum absolute atomic E-state index is 0.0808. The van der Waals surface area contributed by atoms with E-state index in [0.29, 0.717) is 34.5 Å². The summed E-state index contributed by atoms with van der Waals surface area (Å²) < 4.78 is 5.71. The first-order valence-electron chi connectivity index (χ1n) is 8.25. The van der Waals surface area contributed by atoms with Crippen molar-refractivity contribution in [1.29, 1.82) is 0 Å². The average Bonchev–Trinajstić information content (AvgIpc) is 3.08. The van der Waals surface area contributed by atoms with Crippen LogP contribution in [0.3, 0.4) is 0 Å². The van der Waals surface area contributed by atoms with Crippen LogP contribution in [0.5, 0.6) is 5.75 Å². The van der Waals surface area contributed by atoms with Gasteiger partial charge >= 0.3 is 0 Å². The first kappa shape index (κ1) is 19.7. The van der Waals surface area contributed by atoms with Gasteiger partial charge in [-0.1, -0.05) is 29.3 Å². The second-order valence-electron chi connectivity index (χ2n) is 6.08. The van der Waals surface area contributed by atoms with Crippen molar-refractivity contribution >= 4 is 40.4 Å². The van der Waals surface area contributed by atoms with E-state index < -0.39 is 0 Å². The minimum Gasteiger partial charge on any atom is -0.487 e. The van der Waals surface area contributed by atoms with E-state index in [1.165, 1.54) is 0 Å². The Bertz CT molecular complexity index is 941. The summed E-state index contributed by atoms with van der Waals surface area (Å²) in [6.07, 6.45) is 0. The van der Waals surface area contributed by atoms with Gasteiger partial charge < -0.3 is 9.64 Å². The molecule has 0 radical (unpaired) electrons. The molecule has 0 aliphatic heterocycles. The van der Waals surface area contributed by atoms with E-state index in [0.717, 1.165) is 16.3 Å². The van der Waals surface area contributed by atoms with Crippen molar-refractivity contribution in [1.82, 2.24) is 9.88 Å². The van der Waals surface area contributed by atoms with Gasteiger partial charge in [-0.05, 0) is 48.9 Å². The number of hydrogen-bond acceptors (Lipinski definition) is 4. The predicted octanol–water partition coefficient (Wildman–Crippen LogP) is 5.61. The Morgan fingerprint density at radius 1 is 1.15 bits per heavy atom. The number of hydrogen-bond donors (Lipinski definition) is 0. The summed E-state index contributed by atoms with van der Waals surface area (Å²) in [5.41, 5.74) is 2.41. The van der Waals surface area contributed by atoms with Gasteiger partial charge in [0, 0.05) is 24.5 Å². The summed E-state index contributed by atoms with van der Waals surface area (Å²) >= 11 is 13.6. The zero-order valence-corrected chi connectivity index (χ0v) is 17.2. The third kappa shape index (κ3) is 5.22. The molecule has 1 heterocycles. The number of carbonyl (C=O) groups is 1.